The van der Waals surface area contributed by atoms with E-state index in [1.54, 1.807) is 0 Å². The first kappa shape index (κ1) is 15.8. The number of benzene rings is 1. The van der Waals surface area contributed by atoms with Gasteiger partial charge < -0.3 is 11.2 Å². The van der Waals surface area contributed by atoms with Gasteiger partial charge in [0.05, 0.1) is 16.4 Å². The molecule has 0 fully saturated rings. The molecule has 0 aliphatic heterocycles. The Bertz CT molecular complexity index is 657. The second kappa shape index (κ2) is 5.81. The molecule has 11 heteroatoms. The average molecular weight is 303 g/mol. The van der Waals surface area contributed by atoms with Crippen LogP contribution in [0.5, 0.6) is 0 Å². The molecule has 0 aliphatic rings. The van der Waals surface area contributed by atoms with E-state index in [4.69, 9.17) is 11.6 Å². The van der Waals surface area contributed by atoms with E-state index in [2.05, 4.69) is 5.43 Å². The fourth-order valence-corrected chi connectivity index (χ4v) is 2.71. The summed E-state index contributed by atoms with van der Waals surface area (Å²) in [5.41, 5.74) is 6.65. The number of carbonyl (C=O) groups is 1. The summed E-state index contributed by atoms with van der Waals surface area (Å²) in [6.45, 7) is 0.829. The first-order valence-corrected chi connectivity index (χ1v) is 6.71. The van der Waals surface area contributed by atoms with Crippen molar-refractivity contribution in [1.29, 1.82) is 0 Å². The number of rotatable bonds is 6. The van der Waals surface area contributed by atoms with Crippen LogP contribution in [0.3, 0.4) is 0 Å². The van der Waals surface area contributed by atoms with E-state index in [0.717, 1.165) is 6.07 Å². The van der Waals surface area contributed by atoms with Crippen molar-refractivity contribution in [2.24, 2.45) is 11.6 Å². The molecule has 1 amide bonds. The Kier molecular flexibility index (Phi) is 4.60. The van der Waals surface area contributed by atoms with Crippen LogP contribution in [0.2, 0.25) is 0 Å². The summed E-state index contributed by atoms with van der Waals surface area (Å²) in [6.07, 6.45) is 0. The summed E-state index contributed by atoms with van der Waals surface area (Å²) in [4.78, 5) is 20.4. The molecule has 0 atom stereocenters. The zero-order chi connectivity index (χ0) is 15.5. The maximum atomic E-state index is 11.9. The van der Waals surface area contributed by atoms with Crippen LogP contribution < -0.4 is 21.7 Å². The third kappa shape index (κ3) is 3.40. The minimum Gasteiger partial charge on any atom is -0.369 e. The zero-order valence-electron chi connectivity index (χ0n) is 10.4. The Morgan fingerprint density at radius 1 is 1.45 bits per heavy atom. The summed E-state index contributed by atoms with van der Waals surface area (Å²) >= 11 is 0. The van der Waals surface area contributed by atoms with E-state index >= 15 is 0 Å². The summed E-state index contributed by atoms with van der Waals surface area (Å²) < 4.78 is 25.8. The number of nitrogens with zero attached hydrogens (tertiary/aromatic N) is 1. The van der Waals surface area contributed by atoms with E-state index in [-0.39, 0.29) is 16.1 Å². The maximum absolute atomic E-state index is 11.9. The molecule has 6 N–H and O–H groups in total. The van der Waals surface area contributed by atoms with Gasteiger partial charge in [0.15, 0.2) is 0 Å². The van der Waals surface area contributed by atoms with Crippen LogP contribution in [0.4, 0.5) is 11.4 Å². The fourth-order valence-electron chi connectivity index (χ4n) is 1.48. The number of amides is 1. The second-order valence-corrected chi connectivity index (χ2v) is 5.56. The average Bonchev–Trinajstić information content (AvgIpc) is 2.35. The van der Waals surface area contributed by atoms with Crippen LogP contribution in [0, 0.1) is 17.0 Å². The molecule has 0 radical (unpaired) electrons. The van der Waals surface area contributed by atoms with Crippen LogP contribution in [-0.4, -0.2) is 25.8 Å². The minimum atomic E-state index is -4.09. The van der Waals surface area contributed by atoms with Gasteiger partial charge in [0.2, 0.25) is 15.9 Å². The number of sulfonamides is 1. The molecule has 1 rings (SSSR count). The molecule has 110 valence electrons. The lowest BCUT2D eigenvalue weighted by Gasteiger charge is -2.10. The number of hydrazine groups is 1. The summed E-state index contributed by atoms with van der Waals surface area (Å²) in [7, 11) is -4.09. The van der Waals surface area contributed by atoms with Crippen molar-refractivity contribution in [2.45, 2.75) is 11.8 Å². The smallest absolute Gasteiger partial charge is 0.295 e. The summed E-state index contributed by atoms with van der Waals surface area (Å²) in [6, 6.07) is 2.07. The van der Waals surface area contributed by atoms with Gasteiger partial charge in [0.1, 0.15) is 5.69 Å². The van der Waals surface area contributed by atoms with Gasteiger partial charge in [-0.2, -0.15) is 0 Å². The SMILES string of the molecule is Cc1cc(NN)c([N+](=O)[O-])cc1S(=O)(=O)NCC(N)=O. The lowest BCUT2D eigenvalue weighted by atomic mass is 10.2. The number of primary amides is 1. The highest BCUT2D eigenvalue weighted by Gasteiger charge is 2.24. The van der Waals surface area contributed by atoms with Crippen molar-refractivity contribution in [3.63, 3.8) is 0 Å². The lowest BCUT2D eigenvalue weighted by molar-refractivity contribution is -0.384. The lowest BCUT2D eigenvalue weighted by Crippen LogP contribution is -2.33. The molecule has 1 aromatic rings. The molecule has 0 saturated carbocycles. The summed E-state index contributed by atoms with van der Waals surface area (Å²) in [5, 5.41) is 10.9. The van der Waals surface area contributed by atoms with Crippen LogP contribution >= 0.6 is 0 Å². The van der Waals surface area contributed by atoms with E-state index in [1.807, 2.05) is 4.72 Å². The molecule has 1 aromatic carbocycles. The molecule has 0 unspecified atom stereocenters. The number of nitrogens with one attached hydrogen (secondary N) is 2. The van der Waals surface area contributed by atoms with Crippen molar-refractivity contribution in [3.8, 4) is 0 Å². The molecule has 0 bridgehead atoms. The number of hydrogen-bond donors (Lipinski definition) is 4. The molecule has 0 spiro atoms. The van der Waals surface area contributed by atoms with Crippen molar-refractivity contribution in [3.05, 3.63) is 27.8 Å². The normalized spacial score (nSPS) is 11.1. The molecule has 10 nitrogen and oxygen atoms in total. The third-order valence-electron chi connectivity index (χ3n) is 2.37. The van der Waals surface area contributed by atoms with Crippen LogP contribution in [-0.2, 0) is 14.8 Å². The highest BCUT2D eigenvalue weighted by molar-refractivity contribution is 7.89. The van der Waals surface area contributed by atoms with Crippen molar-refractivity contribution in [2.75, 3.05) is 12.0 Å². The van der Waals surface area contributed by atoms with Crippen molar-refractivity contribution in [1.82, 2.24) is 4.72 Å². The summed E-state index contributed by atoms with van der Waals surface area (Å²) in [5.74, 6) is 4.26. The molecule has 0 saturated heterocycles. The fraction of sp³-hybridized carbons (Fsp3) is 0.222. The van der Waals surface area contributed by atoms with E-state index in [9.17, 15) is 23.3 Å². The topological polar surface area (TPSA) is 170 Å². The number of nitro benzene ring substituents is 1. The number of nitrogen functional groups attached to an aromatic ring is 1. The monoisotopic (exact) mass is 303 g/mol. The molecule has 20 heavy (non-hydrogen) atoms. The zero-order valence-corrected chi connectivity index (χ0v) is 11.2. The van der Waals surface area contributed by atoms with Gasteiger partial charge in [-0.3, -0.25) is 20.8 Å². The highest BCUT2D eigenvalue weighted by atomic mass is 32.2. The van der Waals surface area contributed by atoms with E-state index in [1.165, 1.54) is 13.0 Å². The van der Waals surface area contributed by atoms with Crippen LogP contribution in [0.25, 0.3) is 0 Å². The molecule has 0 aliphatic carbocycles. The number of nitrogens with two attached hydrogens (primary N) is 2. The Morgan fingerprint density at radius 2 is 2.05 bits per heavy atom. The van der Waals surface area contributed by atoms with Gasteiger partial charge in [-0.1, -0.05) is 0 Å². The maximum Gasteiger partial charge on any atom is 0.295 e. The number of hydrogen-bond acceptors (Lipinski definition) is 7. The first-order valence-electron chi connectivity index (χ1n) is 5.22. The second-order valence-electron chi connectivity index (χ2n) is 3.83. The van der Waals surface area contributed by atoms with Crippen molar-refractivity contribution >= 4 is 27.3 Å². The van der Waals surface area contributed by atoms with Gasteiger partial charge in [-0.25, -0.2) is 13.1 Å². The van der Waals surface area contributed by atoms with Crippen molar-refractivity contribution < 1.29 is 18.1 Å². The predicted octanol–water partition coefficient (Wildman–Crippen LogP) is -1.05. The van der Waals surface area contributed by atoms with Gasteiger partial charge >= 0.3 is 0 Å². The predicted molar refractivity (Wildman–Crippen MR) is 70.0 cm³/mol. The Hall–Kier alpha value is -2.24. The number of aryl methyl sites for hydroxylation is 1. The standard InChI is InChI=1S/C9H13N5O5S/c1-5-2-6(13-11)7(14(16)17)3-8(5)20(18,19)12-4-9(10)15/h2-3,12-13H,4,11H2,1H3,(H2,10,15). The molecular weight excluding hydrogens is 290 g/mol. The number of carbonyl (C=O) groups excluding carboxylic acids is 1. The largest absolute Gasteiger partial charge is 0.369 e. The quantitative estimate of drug-likeness (QED) is 0.295. The molecular formula is C9H13N5O5S. The highest BCUT2D eigenvalue weighted by Crippen LogP contribution is 2.29. The van der Waals surface area contributed by atoms with Gasteiger partial charge in [-0.05, 0) is 18.6 Å². The molecule has 0 heterocycles. The van der Waals surface area contributed by atoms with Gasteiger partial charge in [0, 0.05) is 6.07 Å². The first-order chi connectivity index (χ1) is 9.19. The van der Waals surface area contributed by atoms with E-state index in [0.29, 0.717) is 0 Å². The Labute approximate surface area is 114 Å². The van der Waals surface area contributed by atoms with Gasteiger partial charge in [0.25, 0.3) is 5.69 Å². The van der Waals surface area contributed by atoms with Crippen LogP contribution in [0.1, 0.15) is 5.56 Å². The van der Waals surface area contributed by atoms with E-state index < -0.39 is 33.1 Å². The third-order valence-corrected chi connectivity index (χ3v) is 3.91. The Morgan fingerprint density at radius 3 is 2.50 bits per heavy atom. The number of nitro groups is 1. The number of anilines is 1. The minimum absolute atomic E-state index is 0.0265. The van der Waals surface area contributed by atoms with Gasteiger partial charge in [-0.15, -0.1) is 0 Å². The Balaban J connectivity index is 3.35. The molecule has 0 aromatic heterocycles. The van der Waals surface area contributed by atoms with Crippen LogP contribution in [0.15, 0.2) is 17.0 Å².